The number of nitrogens with one attached hydrogen (secondary N) is 2. The zero-order valence-electron chi connectivity index (χ0n) is 9.73. The zero-order chi connectivity index (χ0) is 11.5. The van der Waals surface area contributed by atoms with Crippen LogP contribution in [-0.2, 0) is 4.79 Å². The molecule has 1 amide bonds. The van der Waals surface area contributed by atoms with Crippen LogP contribution >= 0.6 is 0 Å². The van der Waals surface area contributed by atoms with Gasteiger partial charge in [0.1, 0.15) is 0 Å². The maximum absolute atomic E-state index is 11.7. The van der Waals surface area contributed by atoms with Crippen molar-refractivity contribution in [1.29, 1.82) is 0 Å². The van der Waals surface area contributed by atoms with Gasteiger partial charge in [0.15, 0.2) is 5.96 Å². The van der Waals surface area contributed by atoms with Crippen molar-refractivity contribution in [2.24, 2.45) is 4.99 Å². The van der Waals surface area contributed by atoms with Crippen molar-refractivity contribution < 1.29 is 4.79 Å². The van der Waals surface area contributed by atoms with Crippen LogP contribution in [0.3, 0.4) is 0 Å². The second-order valence-corrected chi connectivity index (χ2v) is 4.24. The van der Waals surface area contributed by atoms with E-state index in [2.05, 4.69) is 46.5 Å². The molecule has 0 bridgehead atoms. The molecule has 2 heterocycles. The number of carbonyl (C=O) groups is 1. The molecular formula is C11H18N4O. The van der Waals surface area contributed by atoms with E-state index < -0.39 is 0 Å². The Balaban J connectivity index is 1.83. The summed E-state index contributed by atoms with van der Waals surface area (Å²) in [5, 5.41) is 5.80. The van der Waals surface area contributed by atoms with E-state index in [4.69, 9.17) is 0 Å². The van der Waals surface area contributed by atoms with E-state index in [-0.39, 0.29) is 5.91 Å². The van der Waals surface area contributed by atoms with Gasteiger partial charge >= 0.3 is 0 Å². The van der Waals surface area contributed by atoms with E-state index in [0.29, 0.717) is 24.6 Å². The highest BCUT2D eigenvalue weighted by Crippen LogP contribution is 2.14. The lowest BCUT2D eigenvalue weighted by Gasteiger charge is -2.25. The Morgan fingerprint density at radius 3 is 2.81 bits per heavy atom. The minimum atomic E-state index is -0.00412. The molecule has 2 aliphatic heterocycles. The average molecular weight is 222 g/mol. The Kier molecular flexibility index (Phi) is 3.24. The van der Waals surface area contributed by atoms with Gasteiger partial charge in [0.05, 0.1) is 13.1 Å². The molecule has 16 heavy (non-hydrogen) atoms. The summed E-state index contributed by atoms with van der Waals surface area (Å²) in [4.78, 5) is 18.0. The molecule has 5 heteroatoms. The fourth-order valence-corrected chi connectivity index (χ4v) is 2.02. The summed E-state index contributed by atoms with van der Waals surface area (Å²) in [5.74, 6) is 0.605. The fourth-order valence-electron chi connectivity index (χ4n) is 2.02. The van der Waals surface area contributed by atoms with Crippen molar-refractivity contribution in [1.82, 2.24) is 15.5 Å². The largest absolute Gasteiger partial charge is 0.354 e. The molecule has 2 N–H and O–H groups in total. The van der Waals surface area contributed by atoms with Crippen LogP contribution in [0.4, 0.5) is 0 Å². The van der Waals surface area contributed by atoms with Gasteiger partial charge in [-0.25, -0.2) is 0 Å². The van der Waals surface area contributed by atoms with Crippen LogP contribution in [0.15, 0.2) is 17.1 Å². The van der Waals surface area contributed by atoms with Crippen molar-refractivity contribution >= 4 is 11.9 Å². The molecular weight excluding hydrogens is 204 g/mol. The Bertz CT molecular complexity index is 325. The molecule has 2 rings (SSSR count). The number of rotatable bonds is 2. The Labute approximate surface area is 95.6 Å². The van der Waals surface area contributed by atoms with E-state index in [1.807, 2.05) is 0 Å². The van der Waals surface area contributed by atoms with Crippen LogP contribution in [0.5, 0.6) is 0 Å². The quantitative estimate of drug-likeness (QED) is 0.631. The van der Waals surface area contributed by atoms with Crippen LogP contribution in [0.2, 0.25) is 0 Å². The predicted octanol–water partition coefficient (Wildman–Crippen LogP) is -0.289. The molecule has 2 atom stereocenters. The second kappa shape index (κ2) is 4.65. The lowest BCUT2D eigenvalue weighted by atomic mass is 10.3. The highest BCUT2D eigenvalue weighted by atomic mass is 16.2. The summed E-state index contributed by atoms with van der Waals surface area (Å²) in [6, 6.07) is 0.665. The number of nitrogens with zero attached hydrogens (tertiary/aromatic N) is 2. The third kappa shape index (κ3) is 2.41. The van der Waals surface area contributed by atoms with Gasteiger partial charge < -0.3 is 5.32 Å². The number of hydrogen-bond acceptors (Lipinski definition) is 4. The van der Waals surface area contributed by atoms with Crippen molar-refractivity contribution in [3.05, 3.63) is 12.2 Å². The topological polar surface area (TPSA) is 56.7 Å². The van der Waals surface area contributed by atoms with Gasteiger partial charge in [-0.15, -0.1) is 0 Å². The lowest BCUT2D eigenvalue weighted by Crippen LogP contribution is -2.46. The van der Waals surface area contributed by atoms with Crippen molar-refractivity contribution in [2.75, 3.05) is 19.6 Å². The van der Waals surface area contributed by atoms with E-state index >= 15 is 0 Å². The molecule has 2 aliphatic rings. The first-order valence-electron chi connectivity index (χ1n) is 5.69. The minimum absolute atomic E-state index is 0.00412. The number of aliphatic imine (C=N–C) groups is 1. The van der Waals surface area contributed by atoms with E-state index in [1.165, 1.54) is 0 Å². The van der Waals surface area contributed by atoms with Crippen molar-refractivity contribution in [3.8, 4) is 0 Å². The summed E-state index contributed by atoms with van der Waals surface area (Å²) in [6.07, 6.45) is 4.26. The highest BCUT2D eigenvalue weighted by molar-refractivity contribution is 5.98. The summed E-state index contributed by atoms with van der Waals surface area (Å²) < 4.78 is 0. The van der Waals surface area contributed by atoms with Crippen LogP contribution in [-0.4, -0.2) is 48.5 Å². The molecule has 0 aromatic carbocycles. The molecule has 0 saturated heterocycles. The normalized spacial score (nSPS) is 29.0. The lowest BCUT2D eigenvalue weighted by molar-refractivity contribution is -0.121. The number of guanidine groups is 1. The van der Waals surface area contributed by atoms with E-state index in [1.54, 1.807) is 0 Å². The standard InChI is InChI=1S/C11H18N4O/c1-8-3-4-9(2)15(8)7-10(16)14-11-12-5-6-13-11/h3-4,8-9H,5-7H2,1-2H3,(H2,12,13,14,16)/t8-,9?/m1/s1. The van der Waals surface area contributed by atoms with Gasteiger partial charge in [-0.05, 0) is 13.8 Å². The molecule has 0 radical (unpaired) electrons. The number of hydrogen-bond donors (Lipinski definition) is 2. The molecule has 0 fully saturated rings. The first-order valence-corrected chi connectivity index (χ1v) is 5.69. The molecule has 0 spiro atoms. The van der Waals surface area contributed by atoms with Gasteiger partial charge in [0.25, 0.3) is 0 Å². The molecule has 1 unspecified atom stereocenters. The Morgan fingerprint density at radius 2 is 2.25 bits per heavy atom. The first kappa shape index (κ1) is 11.1. The second-order valence-electron chi connectivity index (χ2n) is 4.24. The van der Waals surface area contributed by atoms with Crippen LogP contribution in [0, 0.1) is 0 Å². The van der Waals surface area contributed by atoms with Gasteiger partial charge in [-0.2, -0.15) is 0 Å². The molecule has 0 saturated carbocycles. The third-order valence-corrected chi connectivity index (χ3v) is 2.97. The molecule has 0 aromatic heterocycles. The molecule has 88 valence electrons. The highest BCUT2D eigenvalue weighted by Gasteiger charge is 2.24. The molecule has 0 aliphatic carbocycles. The van der Waals surface area contributed by atoms with Gasteiger partial charge in [-0.1, -0.05) is 12.2 Å². The van der Waals surface area contributed by atoms with E-state index in [0.717, 1.165) is 13.1 Å². The van der Waals surface area contributed by atoms with Gasteiger partial charge in [0, 0.05) is 18.6 Å². The van der Waals surface area contributed by atoms with Crippen molar-refractivity contribution in [2.45, 2.75) is 25.9 Å². The molecule has 5 nitrogen and oxygen atoms in total. The predicted molar refractivity (Wildman–Crippen MR) is 63.2 cm³/mol. The summed E-state index contributed by atoms with van der Waals surface area (Å²) >= 11 is 0. The zero-order valence-corrected chi connectivity index (χ0v) is 9.73. The summed E-state index contributed by atoms with van der Waals surface area (Å²) in [6.45, 7) is 6.16. The smallest absolute Gasteiger partial charge is 0.240 e. The van der Waals surface area contributed by atoms with Gasteiger partial charge in [0.2, 0.25) is 5.91 Å². The summed E-state index contributed by atoms with van der Waals surface area (Å²) in [7, 11) is 0. The average Bonchev–Trinajstić information content (AvgIpc) is 2.83. The van der Waals surface area contributed by atoms with Gasteiger partial charge in [-0.3, -0.25) is 20.0 Å². The first-order chi connectivity index (χ1) is 7.66. The minimum Gasteiger partial charge on any atom is -0.354 e. The monoisotopic (exact) mass is 222 g/mol. The molecule has 0 aromatic rings. The maximum atomic E-state index is 11.7. The van der Waals surface area contributed by atoms with Crippen LogP contribution < -0.4 is 10.6 Å². The van der Waals surface area contributed by atoms with Crippen LogP contribution in [0.25, 0.3) is 0 Å². The number of carbonyl (C=O) groups excluding carboxylic acids is 1. The Morgan fingerprint density at radius 1 is 1.56 bits per heavy atom. The fraction of sp³-hybridized carbons (Fsp3) is 0.636. The SMILES string of the molecule is CC1C=C[C@@H](C)N1CC(=O)NC1=NCCN1. The third-order valence-electron chi connectivity index (χ3n) is 2.97. The maximum Gasteiger partial charge on any atom is 0.240 e. The summed E-state index contributed by atoms with van der Waals surface area (Å²) in [5.41, 5.74) is 0. The van der Waals surface area contributed by atoms with Crippen LogP contribution in [0.1, 0.15) is 13.8 Å². The van der Waals surface area contributed by atoms with E-state index in [9.17, 15) is 4.79 Å². The number of amides is 1. The van der Waals surface area contributed by atoms with Crippen molar-refractivity contribution in [3.63, 3.8) is 0 Å². The Hall–Kier alpha value is -1.36.